The van der Waals surface area contributed by atoms with Crippen molar-refractivity contribution in [3.05, 3.63) is 29.6 Å². The lowest BCUT2D eigenvalue weighted by Gasteiger charge is -2.06. The second kappa shape index (κ2) is 4.52. The summed E-state index contributed by atoms with van der Waals surface area (Å²) in [6.07, 6.45) is 2.89. The molecular weight excluding hydrogens is 198 g/mol. The Labute approximate surface area is 85.9 Å². The van der Waals surface area contributed by atoms with E-state index in [-0.39, 0.29) is 12.0 Å². The van der Waals surface area contributed by atoms with Crippen LogP contribution >= 0.6 is 0 Å². The molecule has 1 heterocycles. The first-order valence-electron chi connectivity index (χ1n) is 4.23. The molecule has 0 bridgehead atoms. The maximum absolute atomic E-state index is 10.8. The van der Waals surface area contributed by atoms with Crippen molar-refractivity contribution in [3.8, 4) is 0 Å². The lowest BCUT2D eigenvalue weighted by atomic mass is 10.1. The average molecular weight is 209 g/mol. The topological polar surface area (TPSA) is 119 Å². The van der Waals surface area contributed by atoms with E-state index in [0.29, 0.717) is 5.56 Å². The highest BCUT2D eigenvalue weighted by Crippen LogP contribution is 2.04. The fourth-order valence-corrected chi connectivity index (χ4v) is 1.08. The molecule has 0 saturated heterocycles. The molecule has 0 aliphatic rings. The fourth-order valence-electron chi connectivity index (χ4n) is 1.08. The van der Waals surface area contributed by atoms with Crippen LogP contribution in [0.15, 0.2) is 18.5 Å². The summed E-state index contributed by atoms with van der Waals surface area (Å²) in [5.41, 5.74) is 11.2. The first kappa shape index (κ1) is 11.1. The van der Waals surface area contributed by atoms with Gasteiger partial charge in [0.2, 0.25) is 5.91 Å². The van der Waals surface area contributed by atoms with Crippen LogP contribution in [-0.2, 0) is 11.2 Å². The number of carboxylic acids is 1. The minimum Gasteiger partial charge on any atom is -0.480 e. The van der Waals surface area contributed by atoms with Crippen LogP contribution in [0, 0.1) is 0 Å². The Morgan fingerprint density at radius 2 is 2.13 bits per heavy atom. The SMILES string of the molecule is NC(=O)c1cncc(C[C@H](N)C(=O)O)c1. The number of carbonyl (C=O) groups excluding carboxylic acids is 1. The first-order chi connectivity index (χ1) is 7.00. The third-order valence-electron chi connectivity index (χ3n) is 1.85. The molecule has 1 rings (SSSR count). The molecule has 1 atom stereocenters. The van der Waals surface area contributed by atoms with Gasteiger partial charge in [0.15, 0.2) is 0 Å². The third kappa shape index (κ3) is 3.03. The van der Waals surface area contributed by atoms with E-state index < -0.39 is 17.9 Å². The minimum absolute atomic E-state index is 0.115. The molecule has 0 aliphatic carbocycles. The summed E-state index contributed by atoms with van der Waals surface area (Å²) in [4.78, 5) is 25.1. The highest BCUT2D eigenvalue weighted by Gasteiger charge is 2.13. The van der Waals surface area contributed by atoms with E-state index in [4.69, 9.17) is 16.6 Å². The first-order valence-corrected chi connectivity index (χ1v) is 4.23. The number of rotatable bonds is 4. The Bertz CT molecular complexity index is 392. The molecule has 0 fully saturated rings. The van der Waals surface area contributed by atoms with E-state index >= 15 is 0 Å². The summed E-state index contributed by atoms with van der Waals surface area (Å²) in [6.45, 7) is 0. The number of pyridine rings is 1. The van der Waals surface area contributed by atoms with Crippen molar-refractivity contribution >= 4 is 11.9 Å². The van der Waals surface area contributed by atoms with E-state index in [9.17, 15) is 9.59 Å². The number of carbonyl (C=O) groups is 2. The number of aromatic nitrogens is 1. The summed E-state index contributed by atoms with van der Waals surface area (Å²) >= 11 is 0. The molecule has 0 unspecified atom stereocenters. The Balaban J connectivity index is 2.82. The van der Waals surface area contributed by atoms with Gasteiger partial charge >= 0.3 is 5.97 Å². The van der Waals surface area contributed by atoms with Crippen molar-refractivity contribution < 1.29 is 14.7 Å². The van der Waals surface area contributed by atoms with Gasteiger partial charge in [0.05, 0.1) is 5.56 Å². The van der Waals surface area contributed by atoms with Gasteiger partial charge < -0.3 is 16.6 Å². The van der Waals surface area contributed by atoms with Crippen LogP contribution in [0.2, 0.25) is 0 Å². The lowest BCUT2D eigenvalue weighted by Crippen LogP contribution is -2.32. The van der Waals surface area contributed by atoms with Crippen molar-refractivity contribution in [2.75, 3.05) is 0 Å². The van der Waals surface area contributed by atoms with Gasteiger partial charge in [-0.1, -0.05) is 0 Å². The number of nitrogens with zero attached hydrogens (tertiary/aromatic N) is 1. The monoisotopic (exact) mass is 209 g/mol. The number of primary amides is 1. The maximum atomic E-state index is 10.8. The smallest absolute Gasteiger partial charge is 0.320 e. The van der Waals surface area contributed by atoms with Crippen molar-refractivity contribution in [1.82, 2.24) is 4.98 Å². The quantitative estimate of drug-likeness (QED) is 0.595. The van der Waals surface area contributed by atoms with E-state index in [1.54, 1.807) is 0 Å². The van der Waals surface area contributed by atoms with E-state index in [1.165, 1.54) is 18.5 Å². The van der Waals surface area contributed by atoms with Crippen molar-refractivity contribution in [3.63, 3.8) is 0 Å². The summed E-state index contributed by atoms with van der Waals surface area (Å²) in [6, 6.07) is 0.480. The second-order valence-electron chi connectivity index (χ2n) is 3.09. The minimum atomic E-state index is -1.10. The zero-order valence-electron chi connectivity index (χ0n) is 7.88. The Kier molecular flexibility index (Phi) is 3.35. The van der Waals surface area contributed by atoms with E-state index in [2.05, 4.69) is 4.98 Å². The Morgan fingerprint density at radius 1 is 1.47 bits per heavy atom. The fraction of sp³-hybridized carbons (Fsp3) is 0.222. The van der Waals surface area contributed by atoms with Crippen LogP contribution in [0.1, 0.15) is 15.9 Å². The van der Waals surface area contributed by atoms with Gasteiger partial charge in [-0.25, -0.2) is 0 Å². The molecule has 1 amide bonds. The highest BCUT2D eigenvalue weighted by atomic mass is 16.4. The van der Waals surface area contributed by atoms with Crippen LogP contribution in [-0.4, -0.2) is 28.0 Å². The molecule has 1 aromatic heterocycles. The van der Waals surface area contributed by atoms with Crippen molar-refractivity contribution in [1.29, 1.82) is 0 Å². The number of carboxylic acid groups (broad SMARTS) is 1. The van der Waals surface area contributed by atoms with Gasteiger partial charge in [-0.3, -0.25) is 14.6 Å². The predicted molar refractivity (Wildman–Crippen MR) is 52.1 cm³/mol. The van der Waals surface area contributed by atoms with Crippen LogP contribution in [0.5, 0.6) is 0 Å². The predicted octanol–water partition coefficient (Wildman–Crippen LogP) is -0.865. The standard InChI is InChI=1S/C9H11N3O3/c10-7(9(14)15)2-5-1-6(8(11)13)4-12-3-5/h1,3-4,7H,2,10H2,(H2,11,13)(H,14,15)/t7-/m0/s1. The molecule has 15 heavy (non-hydrogen) atoms. The number of hydrogen-bond acceptors (Lipinski definition) is 4. The largest absolute Gasteiger partial charge is 0.480 e. The number of aliphatic carboxylic acids is 1. The third-order valence-corrected chi connectivity index (χ3v) is 1.85. The molecule has 0 saturated carbocycles. The van der Waals surface area contributed by atoms with E-state index in [1.807, 2.05) is 0 Å². The summed E-state index contributed by atoms with van der Waals surface area (Å²) in [5.74, 6) is -1.70. The zero-order chi connectivity index (χ0) is 11.4. The summed E-state index contributed by atoms with van der Waals surface area (Å²) in [5, 5.41) is 8.58. The molecule has 6 heteroatoms. The summed E-state index contributed by atoms with van der Waals surface area (Å²) < 4.78 is 0. The molecule has 6 nitrogen and oxygen atoms in total. The average Bonchev–Trinajstić information content (AvgIpc) is 2.18. The number of nitrogens with two attached hydrogens (primary N) is 2. The Hall–Kier alpha value is -1.95. The van der Waals surface area contributed by atoms with Crippen LogP contribution in [0.25, 0.3) is 0 Å². The second-order valence-corrected chi connectivity index (χ2v) is 3.09. The van der Waals surface area contributed by atoms with Gasteiger partial charge in [-0.15, -0.1) is 0 Å². The molecule has 0 spiro atoms. The van der Waals surface area contributed by atoms with E-state index in [0.717, 1.165) is 0 Å². The molecule has 0 aromatic carbocycles. The number of amides is 1. The van der Waals surface area contributed by atoms with Crippen LogP contribution in [0.4, 0.5) is 0 Å². The molecule has 80 valence electrons. The van der Waals surface area contributed by atoms with Gasteiger partial charge in [0.1, 0.15) is 6.04 Å². The number of hydrogen-bond donors (Lipinski definition) is 3. The van der Waals surface area contributed by atoms with Crippen molar-refractivity contribution in [2.24, 2.45) is 11.5 Å². The molecule has 0 aliphatic heterocycles. The highest BCUT2D eigenvalue weighted by molar-refractivity contribution is 5.92. The van der Waals surface area contributed by atoms with Crippen LogP contribution in [0.3, 0.4) is 0 Å². The van der Waals surface area contributed by atoms with Crippen molar-refractivity contribution in [2.45, 2.75) is 12.5 Å². The van der Waals surface area contributed by atoms with Gasteiger partial charge in [0, 0.05) is 12.4 Å². The van der Waals surface area contributed by atoms with Gasteiger partial charge in [0.25, 0.3) is 0 Å². The molecule has 5 N–H and O–H groups in total. The lowest BCUT2D eigenvalue weighted by molar-refractivity contribution is -0.138. The zero-order valence-corrected chi connectivity index (χ0v) is 7.88. The molecule has 1 aromatic rings. The molecule has 0 radical (unpaired) electrons. The van der Waals surface area contributed by atoms with Gasteiger partial charge in [-0.05, 0) is 18.1 Å². The Morgan fingerprint density at radius 3 is 2.67 bits per heavy atom. The van der Waals surface area contributed by atoms with Gasteiger partial charge in [-0.2, -0.15) is 0 Å². The van der Waals surface area contributed by atoms with Crippen LogP contribution < -0.4 is 11.5 Å². The normalized spacial score (nSPS) is 12.1. The molecular formula is C9H11N3O3. The summed E-state index contributed by atoms with van der Waals surface area (Å²) in [7, 11) is 0. The maximum Gasteiger partial charge on any atom is 0.320 e.